The maximum absolute atomic E-state index is 13.1. The fourth-order valence-corrected chi connectivity index (χ4v) is 3.87. The molecule has 6 heteroatoms. The molecule has 2 aliphatic rings. The normalized spacial score (nSPS) is 19.6. The van der Waals surface area contributed by atoms with Gasteiger partial charge < -0.3 is 9.80 Å². The molecule has 0 bridgehead atoms. The summed E-state index contributed by atoms with van der Waals surface area (Å²) in [6.45, 7) is 4.55. The third-order valence-corrected chi connectivity index (χ3v) is 5.57. The lowest BCUT2D eigenvalue weighted by molar-refractivity contribution is -0.126. The molecule has 2 fully saturated rings. The van der Waals surface area contributed by atoms with E-state index >= 15 is 0 Å². The first-order valence-electron chi connectivity index (χ1n) is 9.00. The number of hydrogen-bond donors (Lipinski definition) is 0. The van der Waals surface area contributed by atoms with E-state index in [1.54, 1.807) is 12.4 Å². The predicted molar refractivity (Wildman–Crippen MR) is 96.5 cm³/mol. The monoisotopic (exact) mass is 337 g/mol. The van der Waals surface area contributed by atoms with Crippen molar-refractivity contribution in [3.8, 4) is 0 Å². The Labute approximate surface area is 147 Å². The highest BCUT2D eigenvalue weighted by Gasteiger charge is 2.48. The van der Waals surface area contributed by atoms with Gasteiger partial charge >= 0.3 is 0 Å². The SMILES string of the molecule is CCc1cnc(N2CCC3(CC2)CCN(c2cccnc2)C3=O)nc1. The van der Waals surface area contributed by atoms with Gasteiger partial charge in [-0.15, -0.1) is 0 Å². The van der Waals surface area contributed by atoms with Gasteiger partial charge in [-0.2, -0.15) is 0 Å². The highest BCUT2D eigenvalue weighted by Crippen LogP contribution is 2.43. The molecule has 1 amide bonds. The highest BCUT2D eigenvalue weighted by molar-refractivity contribution is 5.99. The number of carbonyl (C=O) groups excluding carboxylic acids is 1. The topological polar surface area (TPSA) is 62.2 Å². The van der Waals surface area contributed by atoms with E-state index in [9.17, 15) is 4.79 Å². The second kappa shape index (κ2) is 6.43. The number of rotatable bonds is 3. The Kier molecular flexibility index (Phi) is 4.11. The van der Waals surface area contributed by atoms with E-state index in [0.29, 0.717) is 0 Å². The zero-order valence-electron chi connectivity index (χ0n) is 14.6. The van der Waals surface area contributed by atoms with E-state index in [2.05, 4.69) is 26.8 Å². The van der Waals surface area contributed by atoms with E-state index in [1.165, 1.54) is 0 Å². The molecule has 0 saturated carbocycles. The number of carbonyl (C=O) groups is 1. The zero-order chi connectivity index (χ0) is 17.3. The van der Waals surface area contributed by atoms with Gasteiger partial charge in [0.2, 0.25) is 11.9 Å². The molecule has 2 aromatic heterocycles. The molecule has 130 valence electrons. The summed E-state index contributed by atoms with van der Waals surface area (Å²) >= 11 is 0. The molecule has 25 heavy (non-hydrogen) atoms. The van der Waals surface area contributed by atoms with Crippen LogP contribution in [-0.4, -0.2) is 40.5 Å². The number of nitrogens with zero attached hydrogens (tertiary/aromatic N) is 5. The van der Waals surface area contributed by atoms with Crippen molar-refractivity contribution in [1.82, 2.24) is 15.0 Å². The lowest BCUT2D eigenvalue weighted by Crippen LogP contribution is -2.45. The average Bonchev–Trinajstić information content (AvgIpc) is 2.99. The molecule has 2 aliphatic heterocycles. The van der Waals surface area contributed by atoms with Crippen molar-refractivity contribution in [2.45, 2.75) is 32.6 Å². The molecule has 2 aromatic rings. The van der Waals surface area contributed by atoms with Crippen LogP contribution in [0, 0.1) is 5.41 Å². The van der Waals surface area contributed by atoms with Crippen molar-refractivity contribution in [3.63, 3.8) is 0 Å². The van der Waals surface area contributed by atoms with Crippen LogP contribution >= 0.6 is 0 Å². The van der Waals surface area contributed by atoms with Crippen molar-refractivity contribution in [2.75, 3.05) is 29.4 Å². The van der Waals surface area contributed by atoms with Crippen LogP contribution in [0.4, 0.5) is 11.6 Å². The van der Waals surface area contributed by atoms with Crippen molar-refractivity contribution in [1.29, 1.82) is 0 Å². The number of hydrogen-bond acceptors (Lipinski definition) is 5. The number of aryl methyl sites for hydroxylation is 1. The fourth-order valence-electron chi connectivity index (χ4n) is 3.87. The fraction of sp³-hybridized carbons (Fsp3) is 0.474. The lowest BCUT2D eigenvalue weighted by Gasteiger charge is -2.37. The summed E-state index contributed by atoms with van der Waals surface area (Å²) in [5, 5.41) is 0. The molecule has 4 rings (SSSR count). The van der Waals surface area contributed by atoms with E-state index in [-0.39, 0.29) is 11.3 Å². The van der Waals surface area contributed by atoms with Gasteiger partial charge in [-0.25, -0.2) is 9.97 Å². The Morgan fingerprint density at radius 1 is 1.08 bits per heavy atom. The van der Waals surface area contributed by atoms with Crippen molar-refractivity contribution >= 4 is 17.5 Å². The molecule has 0 aliphatic carbocycles. The Morgan fingerprint density at radius 2 is 1.80 bits per heavy atom. The standard InChI is InChI=1S/C19H23N5O/c1-2-15-12-21-18(22-13-15)23-9-5-19(6-10-23)7-11-24(17(19)25)16-4-3-8-20-14-16/h3-4,8,12-14H,2,5-7,9-11H2,1H3. The number of anilines is 2. The predicted octanol–water partition coefficient (Wildman–Crippen LogP) is 2.46. The van der Waals surface area contributed by atoms with Crippen LogP contribution < -0.4 is 9.80 Å². The van der Waals surface area contributed by atoms with Gasteiger partial charge in [0.1, 0.15) is 0 Å². The second-order valence-electron chi connectivity index (χ2n) is 6.93. The van der Waals surface area contributed by atoms with Crippen molar-refractivity contribution in [3.05, 3.63) is 42.5 Å². The van der Waals surface area contributed by atoms with Crippen LogP contribution in [-0.2, 0) is 11.2 Å². The van der Waals surface area contributed by atoms with Crippen LogP contribution in [0.3, 0.4) is 0 Å². The second-order valence-corrected chi connectivity index (χ2v) is 6.93. The molecule has 0 radical (unpaired) electrons. The summed E-state index contributed by atoms with van der Waals surface area (Å²) in [6, 6.07) is 3.84. The molecule has 0 unspecified atom stereocenters. The molecule has 0 aromatic carbocycles. The van der Waals surface area contributed by atoms with Crippen LogP contribution in [0.1, 0.15) is 31.7 Å². The van der Waals surface area contributed by atoms with Gasteiger partial charge in [0, 0.05) is 38.2 Å². The summed E-state index contributed by atoms with van der Waals surface area (Å²) in [6.07, 6.45) is 10.9. The molecule has 1 spiro atoms. The smallest absolute Gasteiger partial charge is 0.233 e. The van der Waals surface area contributed by atoms with Crippen LogP contribution in [0.5, 0.6) is 0 Å². The quantitative estimate of drug-likeness (QED) is 0.861. The number of piperidine rings is 1. The molecule has 0 N–H and O–H groups in total. The summed E-state index contributed by atoms with van der Waals surface area (Å²) in [5.74, 6) is 1.03. The minimum atomic E-state index is -0.226. The Hall–Kier alpha value is -2.50. The minimum Gasteiger partial charge on any atom is -0.341 e. The Bertz CT molecular complexity index is 738. The average molecular weight is 337 g/mol. The summed E-state index contributed by atoms with van der Waals surface area (Å²) in [4.78, 5) is 30.3. The zero-order valence-corrected chi connectivity index (χ0v) is 14.6. The van der Waals surface area contributed by atoms with Gasteiger partial charge in [0.05, 0.1) is 17.3 Å². The summed E-state index contributed by atoms with van der Waals surface area (Å²) in [7, 11) is 0. The van der Waals surface area contributed by atoms with Crippen LogP contribution in [0.25, 0.3) is 0 Å². The summed E-state index contributed by atoms with van der Waals surface area (Å²) < 4.78 is 0. The van der Waals surface area contributed by atoms with E-state index in [4.69, 9.17) is 0 Å². The first-order valence-corrected chi connectivity index (χ1v) is 9.00. The Balaban J connectivity index is 1.45. The molecule has 6 nitrogen and oxygen atoms in total. The van der Waals surface area contributed by atoms with E-state index in [0.717, 1.165) is 62.5 Å². The number of amides is 1. The lowest BCUT2D eigenvalue weighted by atomic mass is 9.77. The van der Waals surface area contributed by atoms with Crippen molar-refractivity contribution in [2.24, 2.45) is 5.41 Å². The van der Waals surface area contributed by atoms with Crippen LogP contribution in [0.2, 0.25) is 0 Å². The first kappa shape index (κ1) is 16.0. The minimum absolute atomic E-state index is 0.226. The van der Waals surface area contributed by atoms with Gasteiger partial charge in [-0.1, -0.05) is 6.92 Å². The largest absolute Gasteiger partial charge is 0.341 e. The van der Waals surface area contributed by atoms with Gasteiger partial charge in [-0.05, 0) is 43.4 Å². The molecule has 4 heterocycles. The molecular formula is C19H23N5O. The van der Waals surface area contributed by atoms with Gasteiger partial charge in [0.15, 0.2) is 0 Å². The maximum Gasteiger partial charge on any atom is 0.233 e. The van der Waals surface area contributed by atoms with Crippen LogP contribution in [0.15, 0.2) is 36.9 Å². The number of aromatic nitrogens is 3. The van der Waals surface area contributed by atoms with E-state index in [1.807, 2.05) is 29.4 Å². The third-order valence-electron chi connectivity index (χ3n) is 5.57. The molecule has 2 saturated heterocycles. The molecular weight excluding hydrogens is 314 g/mol. The third kappa shape index (κ3) is 2.86. The van der Waals surface area contributed by atoms with E-state index < -0.39 is 0 Å². The molecule has 0 atom stereocenters. The van der Waals surface area contributed by atoms with Crippen molar-refractivity contribution < 1.29 is 4.79 Å². The van der Waals surface area contributed by atoms with Gasteiger partial charge in [0.25, 0.3) is 0 Å². The Morgan fingerprint density at radius 3 is 2.44 bits per heavy atom. The highest BCUT2D eigenvalue weighted by atomic mass is 16.2. The number of pyridine rings is 1. The van der Waals surface area contributed by atoms with Gasteiger partial charge in [-0.3, -0.25) is 9.78 Å². The summed E-state index contributed by atoms with van der Waals surface area (Å²) in [5.41, 5.74) is 1.83. The maximum atomic E-state index is 13.1. The first-order chi connectivity index (χ1) is 12.2.